The van der Waals surface area contributed by atoms with Gasteiger partial charge in [0.15, 0.2) is 0 Å². The Morgan fingerprint density at radius 2 is 1.59 bits per heavy atom. The Morgan fingerprint density at radius 3 is 2.00 bits per heavy atom. The molecule has 2 fully saturated rings. The van der Waals surface area contributed by atoms with Gasteiger partial charge in [-0.2, -0.15) is 0 Å². The number of hydrogen-bond acceptors (Lipinski definition) is 4. The van der Waals surface area contributed by atoms with Gasteiger partial charge in [0, 0.05) is 17.1 Å². The van der Waals surface area contributed by atoms with Crippen LogP contribution in [-0.4, -0.2) is 39.7 Å². The van der Waals surface area contributed by atoms with Gasteiger partial charge in [0.05, 0.1) is 6.54 Å². The molecule has 0 spiro atoms. The second-order valence-corrected chi connectivity index (χ2v) is 7.96. The van der Waals surface area contributed by atoms with Crippen LogP contribution in [0.4, 0.5) is 0 Å². The maximum atomic E-state index is 10.2. The van der Waals surface area contributed by atoms with Crippen molar-refractivity contribution >= 4 is 5.97 Å². The highest BCUT2D eigenvalue weighted by molar-refractivity contribution is 5.69. The fourth-order valence-corrected chi connectivity index (χ4v) is 3.55. The number of aliphatic carboxylic acids is 1. The topological polar surface area (TPSA) is 78.6 Å². The minimum absolute atomic E-state index is 0.116. The number of piperidine rings is 1. The fraction of sp³-hybridized carbons (Fsp3) is 0.941. The van der Waals surface area contributed by atoms with Gasteiger partial charge in [-0.25, -0.2) is 5.01 Å². The molecule has 0 amide bonds. The molecular weight excluding hydrogens is 278 g/mol. The van der Waals surface area contributed by atoms with Crippen LogP contribution in [0.5, 0.6) is 0 Å². The third-order valence-corrected chi connectivity index (χ3v) is 5.03. The zero-order chi connectivity index (χ0) is 16.8. The molecule has 22 heavy (non-hydrogen) atoms. The highest BCUT2D eigenvalue weighted by Gasteiger charge is 2.39. The normalized spacial score (nSPS) is 25.1. The van der Waals surface area contributed by atoms with Gasteiger partial charge in [0.1, 0.15) is 0 Å². The summed E-state index contributed by atoms with van der Waals surface area (Å²) in [6.45, 7) is 8.98. The van der Waals surface area contributed by atoms with E-state index in [0.717, 1.165) is 12.8 Å². The second-order valence-electron chi connectivity index (χ2n) is 7.96. The Bertz CT molecular complexity index is 334. The van der Waals surface area contributed by atoms with Crippen molar-refractivity contribution in [3.8, 4) is 0 Å². The molecule has 130 valence electrons. The lowest BCUT2D eigenvalue weighted by molar-refractivity contribution is -0.136. The van der Waals surface area contributed by atoms with E-state index in [1.54, 1.807) is 0 Å². The van der Waals surface area contributed by atoms with Crippen molar-refractivity contribution in [1.82, 2.24) is 10.3 Å². The molecule has 1 heterocycles. The van der Waals surface area contributed by atoms with Crippen LogP contribution in [0.1, 0.15) is 79.1 Å². The minimum atomic E-state index is -0.754. The van der Waals surface area contributed by atoms with E-state index in [4.69, 9.17) is 10.9 Å². The largest absolute Gasteiger partial charge is 0.480 e. The highest BCUT2D eigenvalue weighted by atomic mass is 16.4. The molecule has 2 rings (SSSR count). The molecule has 2 aliphatic rings. The summed E-state index contributed by atoms with van der Waals surface area (Å²) in [5.74, 6) is 5.27. The van der Waals surface area contributed by atoms with E-state index in [0.29, 0.717) is 6.04 Å². The average Bonchev–Trinajstić information content (AvgIpc) is 2.44. The molecule has 0 radical (unpaired) electrons. The Hall–Kier alpha value is -0.650. The van der Waals surface area contributed by atoms with E-state index < -0.39 is 5.97 Å². The van der Waals surface area contributed by atoms with Crippen molar-refractivity contribution in [2.45, 2.75) is 96.2 Å². The lowest BCUT2D eigenvalue weighted by Gasteiger charge is -2.50. The van der Waals surface area contributed by atoms with E-state index in [2.05, 4.69) is 33.0 Å². The number of nitrogens with two attached hydrogens (primary N) is 1. The number of carbonyl (C=O) groups is 1. The molecule has 0 unspecified atom stereocenters. The summed E-state index contributed by atoms with van der Waals surface area (Å²) in [4.78, 5) is 10.2. The van der Waals surface area contributed by atoms with E-state index in [-0.39, 0.29) is 17.6 Å². The first kappa shape index (κ1) is 19.4. The molecule has 0 aromatic rings. The van der Waals surface area contributed by atoms with Gasteiger partial charge in [-0.3, -0.25) is 10.6 Å². The number of nitrogens with zero attached hydrogens (tertiary/aromatic N) is 1. The molecule has 0 aromatic heterocycles. The van der Waals surface area contributed by atoms with E-state index in [1.807, 2.05) is 5.01 Å². The Morgan fingerprint density at radius 1 is 1.09 bits per heavy atom. The molecule has 0 bridgehead atoms. The van der Waals surface area contributed by atoms with E-state index >= 15 is 0 Å². The predicted molar refractivity (Wildman–Crippen MR) is 90.5 cm³/mol. The molecular formula is C17H35N3O2. The van der Waals surface area contributed by atoms with Crippen molar-refractivity contribution in [2.24, 2.45) is 5.84 Å². The smallest absolute Gasteiger partial charge is 0.317 e. The van der Waals surface area contributed by atoms with Crippen molar-refractivity contribution in [2.75, 3.05) is 6.54 Å². The van der Waals surface area contributed by atoms with Crippen molar-refractivity contribution in [3.05, 3.63) is 0 Å². The number of hydrazine groups is 1. The lowest BCUT2D eigenvalue weighted by atomic mass is 9.82. The van der Waals surface area contributed by atoms with Gasteiger partial charge in [-0.1, -0.05) is 19.3 Å². The predicted octanol–water partition coefficient (Wildman–Crippen LogP) is 2.90. The Kier molecular flexibility index (Phi) is 7.29. The van der Waals surface area contributed by atoms with Gasteiger partial charge >= 0.3 is 5.97 Å². The van der Waals surface area contributed by atoms with Gasteiger partial charge in [-0.05, 0) is 59.8 Å². The number of hydrogen-bond donors (Lipinski definition) is 3. The lowest BCUT2D eigenvalue weighted by Crippen LogP contribution is -2.62. The van der Waals surface area contributed by atoms with Crippen LogP contribution >= 0.6 is 0 Å². The first-order valence-electron chi connectivity index (χ1n) is 8.65. The van der Waals surface area contributed by atoms with Crippen LogP contribution in [0.15, 0.2) is 0 Å². The molecule has 4 N–H and O–H groups in total. The van der Waals surface area contributed by atoms with E-state index in [9.17, 15) is 4.79 Å². The van der Waals surface area contributed by atoms with Gasteiger partial charge < -0.3 is 10.4 Å². The molecule has 1 saturated carbocycles. The standard InChI is InChI=1S/C9H20N2.C8H15NO2/c1-8(2)6-5-7-9(3,4)11(8)10;10-8(11)6-9-7-4-2-1-3-5-7/h5-7,10H2,1-4H3;7,9H,1-6H2,(H,10,11). The third-order valence-electron chi connectivity index (χ3n) is 5.03. The van der Waals surface area contributed by atoms with Crippen LogP contribution in [0.2, 0.25) is 0 Å². The summed E-state index contributed by atoms with van der Waals surface area (Å²) in [5, 5.41) is 13.4. The molecule has 5 nitrogen and oxygen atoms in total. The van der Waals surface area contributed by atoms with Crippen LogP contribution < -0.4 is 11.2 Å². The van der Waals surface area contributed by atoms with Crippen LogP contribution in [-0.2, 0) is 4.79 Å². The highest BCUT2D eigenvalue weighted by Crippen LogP contribution is 2.34. The first-order valence-corrected chi connectivity index (χ1v) is 8.65. The minimum Gasteiger partial charge on any atom is -0.480 e. The molecule has 0 aromatic carbocycles. The van der Waals surface area contributed by atoms with Gasteiger partial charge in [0.2, 0.25) is 0 Å². The maximum Gasteiger partial charge on any atom is 0.317 e. The number of carboxylic acids is 1. The zero-order valence-corrected chi connectivity index (χ0v) is 14.8. The Balaban J connectivity index is 0.000000220. The SMILES string of the molecule is CC1(C)CCCC(C)(C)N1N.O=C(O)CNC1CCCCC1. The van der Waals surface area contributed by atoms with Crippen molar-refractivity contribution < 1.29 is 9.90 Å². The zero-order valence-electron chi connectivity index (χ0n) is 14.8. The summed E-state index contributed by atoms with van der Waals surface area (Å²) in [7, 11) is 0. The summed E-state index contributed by atoms with van der Waals surface area (Å²) in [5.41, 5.74) is 0.365. The quantitative estimate of drug-likeness (QED) is 0.698. The fourth-order valence-electron chi connectivity index (χ4n) is 3.55. The molecule has 1 aliphatic carbocycles. The number of nitrogens with one attached hydrogen (secondary N) is 1. The van der Waals surface area contributed by atoms with Gasteiger partial charge in [-0.15, -0.1) is 0 Å². The second kappa shape index (κ2) is 8.27. The maximum absolute atomic E-state index is 10.2. The summed E-state index contributed by atoms with van der Waals surface area (Å²) in [6, 6.07) is 0.458. The molecule has 1 saturated heterocycles. The molecule has 0 atom stereocenters. The molecule has 1 aliphatic heterocycles. The monoisotopic (exact) mass is 313 g/mol. The summed E-state index contributed by atoms with van der Waals surface area (Å²) in [6.07, 6.45) is 9.83. The molecule has 5 heteroatoms. The van der Waals surface area contributed by atoms with Crippen LogP contribution in [0.3, 0.4) is 0 Å². The van der Waals surface area contributed by atoms with Crippen molar-refractivity contribution in [3.63, 3.8) is 0 Å². The summed E-state index contributed by atoms with van der Waals surface area (Å²) >= 11 is 0. The van der Waals surface area contributed by atoms with Gasteiger partial charge in [0.25, 0.3) is 0 Å². The average molecular weight is 313 g/mol. The Labute approximate surface area is 135 Å². The van der Waals surface area contributed by atoms with Crippen LogP contribution in [0, 0.1) is 0 Å². The summed E-state index contributed by atoms with van der Waals surface area (Å²) < 4.78 is 0. The van der Waals surface area contributed by atoms with Crippen LogP contribution in [0.25, 0.3) is 0 Å². The first-order chi connectivity index (χ1) is 10.1. The number of carboxylic acid groups (broad SMARTS) is 1. The number of rotatable bonds is 3. The van der Waals surface area contributed by atoms with E-state index in [1.165, 1.54) is 38.5 Å². The van der Waals surface area contributed by atoms with Crippen molar-refractivity contribution in [1.29, 1.82) is 0 Å². The third kappa shape index (κ3) is 6.23.